The van der Waals surface area contributed by atoms with Gasteiger partial charge in [-0.15, -0.1) is 11.3 Å². The van der Waals surface area contributed by atoms with Crippen molar-refractivity contribution in [3.63, 3.8) is 0 Å². The standard InChI is InChI=1S/C20H15F2N3O2S/c1-13(26)25(16-5-3-2-4-6-16)20-23-15(12-28-20)8-10-19(27)24-18-11-14(21)7-9-17(18)22/h2-12H,1H3,(H,24,27). The Kier molecular flexibility index (Phi) is 5.90. The van der Waals surface area contributed by atoms with Gasteiger partial charge in [0.25, 0.3) is 0 Å². The highest BCUT2D eigenvalue weighted by atomic mass is 32.1. The highest BCUT2D eigenvalue weighted by Crippen LogP contribution is 2.29. The quantitative estimate of drug-likeness (QED) is 0.630. The molecule has 0 radical (unpaired) electrons. The van der Waals surface area contributed by atoms with Crippen LogP contribution in [0.1, 0.15) is 12.6 Å². The maximum absolute atomic E-state index is 13.6. The van der Waals surface area contributed by atoms with Gasteiger partial charge in [0.1, 0.15) is 11.6 Å². The molecule has 142 valence electrons. The Morgan fingerprint density at radius 2 is 1.89 bits per heavy atom. The predicted molar refractivity (Wildman–Crippen MR) is 105 cm³/mol. The van der Waals surface area contributed by atoms with E-state index in [1.807, 2.05) is 18.2 Å². The molecule has 3 aromatic rings. The van der Waals surface area contributed by atoms with Crippen molar-refractivity contribution in [3.8, 4) is 0 Å². The van der Waals surface area contributed by atoms with E-state index >= 15 is 0 Å². The molecule has 0 bridgehead atoms. The zero-order chi connectivity index (χ0) is 20.1. The topological polar surface area (TPSA) is 62.3 Å². The molecule has 2 amide bonds. The fourth-order valence-corrected chi connectivity index (χ4v) is 3.24. The van der Waals surface area contributed by atoms with E-state index in [0.29, 0.717) is 16.5 Å². The Hall–Kier alpha value is -3.39. The molecule has 3 rings (SSSR count). The average molecular weight is 399 g/mol. The van der Waals surface area contributed by atoms with Crippen LogP contribution >= 0.6 is 11.3 Å². The van der Waals surface area contributed by atoms with Crippen molar-refractivity contribution in [2.24, 2.45) is 0 Å². The highest BCUT2D eigenvalue weighted by Gasteiger charge is 2.17. The molecule has 0 spiro atoms. The van der Waals surface area contributed by atoms with Crippen molar-refractivity contribution >= 4 is 45.7 Å². The van der Waals surface area contributed by atoms with Crippen LogP contribution < -0.4 is 10.2 Å². The maximum atomic E-state index is 13.6. The van der Waals surface area contributed by atoms with Crippen molar-refractivity contribution in [1.82, 2.24) is 4.98 Å². The smallest absolute Gasteiger partial charge is 0.248 e. The lowest BCUT2D eigenvalue weighted by Gasteiger charge is -2.17. The Bertz CT molecular complexity index is 1030. The molecule has 1 heterocycles. The van der Waals surface area contributed by atoms with E-state index in [1.165, 1.54) is 29.2 Å². The molecule has 2 aromatic carbocycles. The molecule has 0 saturated heterocycles. The van der Waals surface area contributed by atoms with E-state index in [1.54, 1.807) is 17.5 Å². The number of hydrogen-bond donors (Lipinski definition) is 1. The number of benzene rings is 2. The van der Waals surface area contributed by atoms with Crippen LogP contribution in [0.25, 0.3) is 6.08 Å². The van der Waals surface area contributed by atoms with E-state index in [0.717, 1.165) is 24.3 Å². The summed E-state index contributed by atoms with van der Waals surface area (Å²) >= 11 is 1.24. The number of amides is 2. The van der Waals surface area contributed by atoms with Crippen LogP contribution in [-0.4, -0.2) is 16.8 Å². The SMILES string of the molecule is CC(=O)N(c1ccccc1)c1nc(C=CC(=O)Nc2cc(F)ccc2F)cs1. The number of aromatic nitrogens is 1. The summed E-state index contributed by atoms with van der Waals surface area (Å²) in [5.74, 6) is -2.23. The molecule has 28 heavy (non-hydrogen) atoms. The van der Waals surface area contributed by atoms with Gasteiger partial charge < -0.3 is 5.32 Å². The molecule has 1 N–H and O–H groups in total. The molecule has 1 aromatic heterocycles. The second kappa shape index (κ2) is 8.53. The van der Waals surface area contributed by atoms with E-state index < -0.39 is 17.5 Å². The molecular formula is C20H15F2N3O2S. The highest BCUT2D eigenvalue weighted by molar-refractivity contribution is 7.14. The zero-order valence-electron chi connectivity index (χ0n) is 14.7. The first-order valence-electron chi connectivity index (χ1n) is 8.19. The second-order valence-corrected chi connectivity index (χ2v) is 6.53. The van der Waals surface area contributed by atoms with Crippen LogP contribution in [0.5, 0.6) is 0 Å². The van der Waals surface area contributed by atoms with Gasteiger partial charge in [0.2, 0.25) is 11.8 Å². The molecular weight excluding hydrogens is 384 g/mol. The fraction of sp³-hybridized carbons (Fsp3) is 0.0500. The third kappa shape index (κ3) is 4.66. The van der Waals surface area contributed by atoms with Crippen molar-refractivity contribution in [2.45, 2.75) is 6.92 Å². The van der Waals surface area contributed by atoms with Gasteiger partial charge >= 0.3 is 0 Å². The second-order valence-electron chi connectivity index (χ2n) is 5.69. The molecule has 5 nitrogen and oxygen atoms in total. The first-order valence-corrected chi connectivity index (χ1v) is 9.07. The lowest BCUT2D eigenvalue weighted by Crippen LogP contribution is -2.22. The Morgan fingerprint density at radius 1 is 1.14 bits per heavy atom. The first-order chi connectivity index (χ1) is 13.4. The van der Waals surface area contributed by atoms with Gasteiger partial charge in [0.05, 0.1) is 17.1 Å². The van der Waals surface area contributed by atoms with Crippen LogP contribution in [0.2, 0.25) is 0 Å². The number of rotatable bonds is 5. The Labute approximate surface area is 164 Å². The molecule has 0 aliphatic rings. The number of para-hydroxylation sites is 1. The average Bonchev–Trinajstić information content (AvgIpc) is 3.12. The first kappa shape index (κ1) is 19.4. The van der Waals surface area contributed by atoms with Crippen LogP contribution in [0, 0.1) is 11.6 Å². The minimum Gasteiger partial charge on any atom is -0.320 e. The minimum absolute atomic E-state index is 0.199. The largest absolute Gasteiger partial charge is 0.320 e. The van der Waals surface area contributed by atoms with Gasteiger partial charge in [0.15, 0.2) is 5.13 Å². The van der Waals surface area contributed by atoms with Crippen molar-refractivity contribution in [3.05, 3.63) is 77.3 Å². The summed E-state index contributed by atoms with van der Waals surface area (Å²) < 4.78 is 26.7. The molecule has 0 fully saturated rings. The van der Waals surface area contributed by atoms with Gasteiger partial charge in [-0.2, -0.15) is 0 Å². The summed E-state index contributed by atoms with van der Waals surface area (Å²) in [7, 11) is 0. The fourth-order valence-electron chi connectivity index (χ4n) is 2.39. The van der Waals surface area contributed by atoms with Gasteiger partial charge in [-0.3, -0.25) is 14.5 Å². The van der Waals surface area contributed by atoms with Gasteiger partial charge in [-0.1, -0.05) is 18.2 Å². The molecule has 0 atom stereocenters. The summed E-state index contributed by atoms with van der Waals surface area (Å²) in [5, 5.41) is 4.40. The lowest BCUT2D eigenvalue weighted by molar-refractivity contribution is -0.116. The van der Waals surface area contributed by atoms with Crippen LogP contribution in [0.3, 0.4) is 0 Å². The van der Waals surface area contributed by atoms with E-state index in [-0.39, 0.29) is 11.6 Å². The maximum Gasteiger partial charge on any atom is 0.248 e. The van der Waals surface area contributed by atoms with E-state index in [9.17, 15) is 18.4 Å². The molecule has 0 saturated carbocycles. The number of carbonyl (C=O) groups excluding carboxylic acids is 2. The van der Waals surface area contributed by atoms with E-state index in [4.69, 9.17) is 0 Å². The zero-order valence-corrected chi connectivity index (χ0v) is 15.5. The number of carbonyl (C=O) groups is 2. The van der Waals surface area contributed by atoms with Crippen LogP contribution in [-0.2, 0) is 9.59 Å². The van der Waals surface area contributed by atoms with Gasteiger partial charge in [-0.05, 0) is 30.3 Å². The Morgan fingerprint density at radius 3 is 2.61 bits per heavy atom. The summed E-state index contributed by atoms with van der Waals surface area (Å²) in [5.41, 5.74) is 0.886. The molecule has 0 aliphatic heterocycles. The third-order valence-electron chi connectivity index (χ3n) is 3.62. The van der Waals surface area contributed by atoms with E-state index in [2.05, 4.69) is 10.3 Å². The number of anilines is 3. The van der Waals surface area contributed by atoms with Crippen molar-refractivity contribution in [1.29, 1.82) is 0 Å². The minimum atomic E-state index is -0.737. The normalized spacial score (nSPS) is 10.8. The van der Waals surface area contributed by atoms with Gasteiger partial charge in [-0.25, -0.2) is 13.8 Å². The molecule has 0 aliphatic carbocycles. The third-order valence-corrected chi connectivity index (χ3v) is 4.47. The monoisotopic (exact) mass is 399 g/mol. The van der Waals surface area contributed by atoms with Crippen LogP contribution in [0.15, 0.2) is 60.0 Å². The molecule has 8 heteroatoms. The predicted octanol–water partition coefficient (Wildman–Crippen LogP) is 4.76. The summed E-state index contributed by atoms with van der Waals surface area (Å²) in [6, 6.07) is 11.8. The van der Waals surface area contributed by atoms with Gasteiger partial charge in [0, 0.05) is 24.4 Å². The Balaban J connectivity index is 1.73. The lowest BCUT2D eigenvalue weighted by atomic mass is 10.3. The molecule has 0 unspecified atom stereocenters. The number of hydrogen-bond acceptors (Lipinski definition) is 4. The number of nitrogens with zero attached hydrogens (tertiary/aromatic N) is 2. The number of halogens is 2. The summed E-state index contributed by atoms with van der Waals surface area (Å²) in [6.45, 7) is 1.44. The summed E-state index contributed by atoms with van der Waals surface area (Å²) in [6.07, 6.45) is 2.58. The number of thiazole rings is 1. The summed E-state index contributed by atoms with van der Waals surface area (Å²) in [4.78, 5) is 29.8. The number of nitrogens with one attached hydrogen (secondary N) is 1. The van der Waals surface area contributed by atoms with Crippen LogP contribution in [0.4, 0.5) is 25.3 Å². The van der Waals surface area contributed by atoms with Crippen molar-refractivity contribution < 1.29 is 18.4 Å². The van der Waals surface area contributed by atoms with Crippen molar-refractivity contribution in [2.75, 3.05) is 10.2 Å².